The Balaban J connectivity index is 2.10. The standard InChI is InChI=1S/C16H16OS/c1-2-9-18-10-5-7-13-11-12-6-3-4-8-14(12)15(17)16(13)18/h3-8,10-11,16H,2,9H2,1H3. The summed E-state index contributed by atoms with van der Waals surface area (Å²) in [5, 5.41) is 2.29. The van der Waals surface area contributed by atoms with E-state index in [1.54, 1.807) is 0 Å². The Morgan fingerprint density at radius 3 is 2.94 bits per heavy atom. The number of Topliss-reactive ketones (excluding diaryl/α,β-unsaturated/α-hetero) is 1. The van der Waals surface area contributed by atoms with Gasteiger partial charge in [0.2, 0.25) is 0 Å². The third kappa shape index (κ3) is 1.81. The maximum atomic E-state index is 12.6. The first-order chi connectivity index (χ1) is 8.81. The second-order valence-corrected chi connectivity index (χ2v) is 6.74. The minimum Gasteiger partial charge on any atom is -0.293 e. The lowest BCUT2D eigenvalue weighted by Crippen LogP contribution is -2.27. The lowest BCUT2D eigenvalue weighted by atomic mass is 9.90. The van der Waals surface area contributed by atoms with E-state index in [4.69, 9.17) is 0 Å². The van der Waals surface area contributed by atoms with Gasteiger partial charge in [0.1, 0.15) is 0 Å². The predicted molar refractivity (Wildman–Crippen MR) is 80.5 cm³/mol. The molecular formula is C16H16OS. The zero-order valence-corrected chi connectivity index (χ0v) is 11.2. The molecule has 1 aliphatic heterocycles. The number of benzene rings is 1. The smallest absolute Gasteiger partial charge is 0.180 e. The molecule has 18 heavy (non-hydrogen) atoms. The van der Waals surface area contributed by atoms with Gasteiger partial charge in [0.15, 0.2) is 5.78 Å². The van der Waals surface area contributed by atoms with Crippen molar-refractivity contribution < 1.29 is 4.79 Å². The first-order valence-corrected chi connectivity index (χ1v) is 7.88. The summed E-state index contributed by atoms with van der Waals surface area (Å²) in [5.74, 6) is 1.42. The second-order valence-electron chi connectivity index (χ2n) is 4.64. The predicted octanol–water partition coefficient (Wildman–Crippen LogP) is 3.69. The van der Waals surface area contributed by atoms with Crippen LogP contribution < -0.4 is 0 Å². The molecule has 0 bridgehead atoms. The van der Waals surface area contributed by atoms with Gasteiger partial charge in [0.25, 0.3) is 0 Å². The normalized spacial score (nSPS) is 24.9. The van der Waals surface area contributed by atoms with E-state index >= 15 is 0 Å². The Morgan fingerprint density at radius 2 is 2.11 bits per heavy atom. The Hall–Kier alpha value is -1.41. The van der Waals surface area contributed by atoms with Gasteiger partial charge >= 0.3 is 0 Å². The van der Waals surface area contributed by atoms with Gasteiger partial charge in [0.05, 0.1) is 5.25 Å². The maximum absolute atomic E-state index is 12.6. The molecule has 0 amide bonds. The van der Waals surface area contributed by atoms with Gasteiger partial charge < -0.3 is 0 Å². The van der Waals surface area contributed by atoms with Crippen LogP contribution in [-0.4, -0.2) is 22.2 Å². The van der Waals surface area contributed by atoms with Gasteiger partial charge in [-0.2, -0.15) is 10.5 Å². The number of fused-ring (bicyclic) bond motifs is 2. The molecule has 2 heteroatoms. The third-order valence-electron chi connectivity index (χ3n) is 3.37. The summed E-state index contributed by atoms with van der Waals surface area (Å²) in [6, 6.07) is 7.93. The van der Waals surface area contributed by atoms with Gasteiger partial charge in [-0.05, 0) is 34.8 Å². The van der Waals surface area contributed by atoms with E-state index in [2.05, 4.69) is 30.5 Å². The SMILES string of the molecule is CCCS1=CC=CC2=Cc3ccccc3C(=O)C21. The summed E-state index contributed by atoms with van der Waals surface area (Å²) in [7, 11) is 0.0718. The van der Waals surface area contributed by atoms with E-state index in [1.807, 2.05) is 24.3 Å². The van der Waals surface area contributed by atoms with Crippen LogP contribution in [0.5, 0.6) is 0 Å². The maximum Gasteiger partial charge on any atom is 0.180 e. The summed E-state index contributed by atoms with van der Waals surface area (Å²) in [6.45, 7) is 2.18. The van der Waals surface area contributed by atoms with Crippen LogP contribution >= 0.6 is 10.5 Å². The van der Waals surface area contributed by atoms with E-state index in [9.17, 15) is 4.79 Å². The first kappa shape index (κ1) is 11.7. The van der Waals surface area contributed by atoms with Crippen LogP contribution in [0.1, 0.15) is 29.3 Å². The minimum atomic E-state index is 0.0718. The molecule has 1 aromatic carbocycles. The van der Waals surface area contributed by atoms with Gasteiger partial charge in [-0.25, -0.2) is 0 Å². The quantitative estimate of drug-likeness (QED) is 0.738. The molecule has 1 heterocycles. The van der Waals surface area contributed by atoms with E-state index in [1.165, 1.54) is 5.57 Å². The Labute approximate surface area is 110 Å². The van der Waals surface area contributed by atoms with Crippen LogP contribution in [0.2, 0.25) is 0 Å². The number of carbonyl (C=O) groups is 1. The second kappa shape index (κ2) is 4.69. The molecule has 3 rings (SSSR count). The Morgan fingerprint density at radius 1 is 1.28 bits per heavy atom. The highest BCUT2D eigenvalue weighted by molar-refractivity contribution is 8.16. The summed E-state index contributed by atoms with van der Waals surface area (Å²) < 4.78 is 0. The monoisotopic (exact) mass is 256 g/mol. The number of carbonyl (C=O) groups excluding carboxylic acids is 1. The summed E-state index contributed by atoms with van der Waals surface area (Å²) in [6.07, 6.45) is 7.52. The number of hydrogen-bond acceptors (Lipinski definition) is 1. The number of hydrogen-bond donors (Lipinski definition) is 0. The van der Waals surface area contributed by atoms with Crippen LogP contribution in [0.3, 0.4) is 0 Å². The van der Waals surface area contributed by atoms with Crippen molar-refractivity contribution in [2.75, 3.05) is 5.75 Å². The molecule has 0 saturated carbocycles. The topological polar surface area (TPSA) is 17.1 Å². The highest BCUT2D eigenvalue weighted by Gasteiger charge is 2.31. The van der Waals surface area contributed by atoms with Crippen molar-refractivity contribution in [3.63, 3.8) is 0 Å². The molecule has 1 aromatic rings. The first-order valence-electron chi connectivity index (χ1n) is 6.36. The van der Waals surface area contributed by atoms with Gasteiger partial charge in [-0.3, -0.25) is 4.79 Å². The fourth-order valence-corrected chi connectivity index (χ4v) is 4.77. The van der Waals surface area contributed by atoms with Gasteiger partial charge in [-0.15, -0.1) is 0 Å². The Kier molecular flexibility index (Phi) is 3.04. The highest BCUT2D eigenvalue weighted by Crippen LogP contribution is 2.38. The summed E-state index contributed by atoms with van der Waals surface area (Å²) in [4.78, 5) is 12.6. The molecule has 0 radical (unpaired) electrons. The van der Waals surface area contributed by atoms with E-state index < -0.39 is 0 Å². The van der Waals surface area contributed by atoms with Crippen LogP contribution in [0.25, 0.3) is 6.08 Å². The highest BCUT2D eigenvalue weighted by atomic mass is 32.2. The van der Waals surface area contributed by atoms with Crippen LogP contribution in [-0.2, 0) is 0 Å². The molecule has 1 nitrogen and oxygen atoms in total. The largest absolute Gasteiger partial charge is 0.293 e. The molecular weight excluding hydrogens is 240 g/mol. The average Bonchev–Trinajstić information content (AvgIpc) is 2.39. The molecule has 2 atom stereocenters. The number of ketones is 1. The molecule has 2 aliphatic rings. The van der Waals surface area contributed by atoms with Crippen molar-refractivity contribution >= 4 is 27.7 Å². The van der Waals surface area contributed by atoms with Crippen LogP contribution in [0.4, 0.5) is 0 Å². The van der Waals surface area contributed by atoms with Gasteiger partial charge in [-0.1, -0.05) is 43.3 Å². The molecule has 2 unspecified atom stereocenters. The van der Waals surface area contributed by atoms with Crippen LogP contribution in [0.15, 0.2) is 42.0 Å². The summed E-state index contributed by atoms with van der Waals surface area (Å²) in [5.41, 5.74) is 3.15. The molecule has 0 fully saturated rings. The fraction of sp³-hybridized carbons (Fsp3) is 0.250. The zero-order valence-electron chi connectivity index (χ0n) is 10.4. The van der Waals surface area contributed by atoms with E-state index in [0.717, 1.165) is 23.3 Å². The van der Waals surface area contributed by atoms with Crippen molar-refractivity contribution in [3.8, 4) is 0 Å². The molecule has 0 saturated heterocycles. The summed E-state index contributed by atoms with van der Waals surface area (Å²) >= 11 is 0. The third-order valence-corrected chi connectivity index (χ3v) is 5.85. The minimum absolute atomic E-state index is 0.0718. The molecule has 0 N–H and O–H groups in total. The average molecular weight is 256 g/mol. The lowest BCUT2D eigenvalue weighted by molar-refractivity contribution is 0.0997. The van der Waals surface area contributed by atoms with Crippen molar-refractivity contribution in [3.05, 3.63) is 53.1 Å². The van der Waals surface area contributed by atoms with Crippen molar-refractivity contribution in [1.82, 2.24) is 0 Å². The fourth-order valence-electron chi connectivity index (χ4n) is 2.59. The van der Waals surface area contributed by atoms with E-state index in [0.29, 0.717) is 5.78 Å². The number of rotatable bonds is 2. The van der Waals surface area contributed by atoms with Gasteiger partial charge in [0, 0.05) is 5.56 Å². The zero-order chi connectivity index (χ0) is 12.5. The van der Waals surface area contributed by atoms with Crippen molar-refractivity contribution in [2.45, 2.75) is 18.6 Å². The Bertz CT molecular complexity index is 593. The molecule has 1 aliphatic carbocycles. The number of allylic oxidation sites excluding steroid dienone is 2. The van der Waals surface area contributed by atoms with Crippen molar-refractivity contribution in [1.29, 1.82) is 0 Å². The molecule has 0 aromatic heterocycles. The van der Waals surface area contributed by atoms with E-state index in [-0.39, 0.29) is 15.7 Å². The van der Waals surface area contributed by atoms with Crippen LogP contribution in [0, 0.1) is 0 Å². The molecule has 92 valence electrons. The molecule has 0 spiro atoms. The lowest BCUT2D eigenvalue weighted by Gasteiger charge is -2.28. The van der Waals surface area contributed by atoms with Crippen molar-refractivity contribution in [2.24, 2.45) is 0 Å².